The Balaban J connectivity index is 4.06. The Hall–Kier alpha value is -0.0800. The fraction of sp³-hybridized carbons (Fsp3) is 1.00. The molecule has 0 aromatic rings. The van der Waals surface area contributed by atoms with E-state index in [4.69, 9.17) is 0 Å². The fourth-order valence-electron chi connectivity index (χ4n) is 1.62. The van der Waals surface area contributed by atoms with Crippen molar-refractivity contribution in [1.82, 2.24) is 0 Å². The normalized spacial score (nSPS) is 20.1. The van der Waals surface area contributed by atoms with E-state index in [9.17, 15) is 10.2 Å². The van der Waals surface area contributed by atoms with E-state index >= 15 is 0 Å². The van der Waals surface area contributed by atoms with Gasteiger partial charge in [0.05, 0.1) is 11.2 Å². The zero-order chi connectivity index (χ0) is 11.2. The van der Waals surface area contributed by atoms with Gasteiger partial charge in [0.15, 0.2) is 0 Å². The van der Waals surface area contributed by atoms with Crippen molar-refractivity contribution in [2.24, 2.45) is 0 Å². The first-order chi connectivity index (χ1) is 6.39. The first-order valence-corrected chi connectivity index (χ1v) is 5.84. The molecule has 2 nitrogen and oxygen atoms in total. The van der Waals surface area contributed by atoms with Crippen molar-refractivity contribution in [2.45, 2.75) is 77.4 Å². The van der Waals surface area contributed by atoms with Crippen LogP contribution in [-0.4, -0.2) is 21.4 Å². The summed E-state index contributed by atoms with van der Waals surface area (Å²) in [5, 5.41) is 20.0. The number of rotatable bonds is 7. The summed E-state index contributed by atoms with van der Waals surface area (Å²) in [6, 6.07) is 0. The van der Waals surface area contributed by atoms with Crippen molar-refractivity contribution in [3.63, 3.8) is 0 Å². The van der Waals surface area contributed by atoms with E-state index in [-0.39, 0.29) is 0 Å². The van der Waals surface area contributed by atoms with Gasteiger partial charge < -0.3 is 10.2 Å². The highest BCUT2D eigenvalue weighted by molar-refractivity contribution is 4.81. The maximum atomic E-state index is 10.2. The van der Waals surface area contributed by atoms with E-state index in [1.165, 1.54) is 0 Å². The Bertz CT molecular complexity index is 154. The fourth-order valence-corrected chi connectivity index (χ4v) is 1.62. The molecule has 0 heterocycles. The average Bonchev–Trinajstić information content (AvgIpc) is 2.16. The SMILES string of the molecule is CCCC(O)(CC)CCC(C)(O)CC. The van der Waals surface area contributed by atoms with Gasteiger partial charge in [-0.05, 0) is 39.0 Å². The molecule has 0 saturated carbocycles. The quantitative estimate of drug-likeness (QED) is 0.666. The Kier molecular flexibility index (Phi) is 5.68. The van der Waals surface area contributed by atoms with Gasteiger partial charge in [-0.2, -0.15) is 0 Å². The lowest BCUT2D eigenvalue weighted by Crippen LogP contribution is -2.32. The molecule has 0 aliphatic heterocycles. The van der Waals surface area contributed by atoms with Crippen LogP contribution in [-0.2, 0) is 0 Å². The van der Waals surface area contributed by atoms with Crippen LogP contribution in [0.15, 0.2) is 0 Å². The van der Waals surface area contributed by atoms with Crippen molar-refractivity contribution in [3.05, 3.63) is 0 Å². The largest absolute Gasteiger partial charge is 0.390 e. The van der Waals surface area contributed by atoms with Crippen LogP contribution in [0.25, 0.3) is 0 Å². The van der Waals surface area contributed by atoms with E-state index in [1.807, 2.05) is 20.8 Å². The van der Waals surface area contributed by atoms with E-state index in [0.717, 1.165) is 25.7 Å². The predicted octanol–water partition coefficient (Wildman–Crippen LogP) is 2.87. The van der Waals surface area contributed by atoms with Crippen LogP contribution in [0.3, 0.4) is 0 Å². The van der Waals surface area contributed by atoms with Crippen molar-refractivity contribution >= 4 is 0 Å². The zero-order valence-electron chi connectivity index (χ0n) is 10.1. The minimum Gasteiger partial charge on any atom is -0.390 e. The molecule has 0 radical (unpaired) electrons. The first-order valence-electron chi connectivity index (χ1n) is 5.84. The molecular weight excluding hydrogens is 176 g/mol. The third kappa shape index (κ3) is 4.97. The van der Waals surface area contributed by atoms with Gasteiger partial charge in [0.25, 0.3) is 0 Å². The molecule has 0 rings (SSSR count). The lowest BCUT2D eigenvalue weighted by molar-refractivity contribution is -0.0216. The van der Waals surface area contributed by atoms with Gasteiger partial charge in [-0.3, -0.25) is 0 Å². The van der Waals surface area contributed by atoms with E-state index in [1.54, 1.807) is 0 Å². The van der Waals surface area contributed by atoms with Crippen LogP contribution >= 0.6 is 0 Å². The second kappa shape index (κ2) is 5.72. The van der Waals surface area contributed by atoms with Gasteiger partial charge in [0, 0.05) is 0 Å². The van der Waals surface area contributed by atoms with E-state index < -0.39 is 11.2 Å². The van der Waals surface area contributed by atoms with E-state index in [0.29, 0.717) is 12.8 Å². The highest BCUT2D eigenvalue weighted by Crippen LogP contribution is 2.27. The highest BCUT2D eigenvalue weighted by Gasteiger charge is 2.27. The second-order valence-electron chi connectivity index (χ2n) is 4.68. The molecule has 14 heavy (non-hydrogen) atoms. The number of hydrogen-bond donors (Lipinski definition) is 2. The van der Waals surface area contributed by atoms with Crippen molar-refractivity contribution < 1.29 is 10.2 Å². The molecule has 0 saturated heterocycles. The van der Waals surface area contributed by atoms with Crippen LogP contribution in [0.2, 0.25) is 0 Å². The standard InChI is InChI=1S/C12H26O2/c1-5-8-12(14,7-3)10-9-11(4,13)6-2/h13-14H,5-10H2,1-4H3. The number of hydrogen-bond acceptors (Lipinski definition) is 2. The van der Waals surface area contributed by atoms with Crippen LogP contribution in [0, 0.1) is 0 Å². The summed E-state index contributed by atoms with van der Waals surface area (Å²) in [5.41, 5.74) is -1.18. The zero-order valence-corrected chi connectivity index (χ0v) is 10.1. The Morgan fingerprint density at radius 3 is 1.79 bits per heavy atom. The molecule has 0 aromatic carbocycles. The Morgan fingerprint density at radius 1 is 0.857 bits per heavy atom. The highest BCUT2D eigenvalue weighted by atomic mass is 16.3. The van der Waals surface area contributed by atoms with Crippen LogP contribution in [0.5, 0.6) is 0 Å². The van der Waals surface area contributed by atoms with Gasteiger partial charge in [0.2, 0.25) is 0 Å². The van der Waals surface area contributed by atoms with Crippen molar-refractivity contribution in [1.29, 1.82) is 0 Å². The molecule has 86 valence electrons. The first kappa shape index (κ1) is 13.9. The molecule has 0 aliphatic carbocycles. The molecule has 0 amide bonds. The molecule has 2 heteroatoms. The molecule has 0 bridgehead atoms. The van der Waals surface area contributed by atoms with E-state index in [2.05, 4.69) is 6.92 Å². The van der Waals surface area contributed by atoms with Crippen LogP contribution in [0.1, 0.15) is 66.2 Å². The average molecular weight is 202 g/mol. The Labute approximate surface area is 88.3 Å². The molecule has 2 unspecified atom stereocenters. The summed E-state index contributed by atoms with van der Waals surface area (Å²) in [6.45, 7) is 7.91. The molecule has 0 aromatic heterocycles. The molecule has 0 spiro atoms. The summed E-state index contributed by atoms with van der Waals surface area (Å²) >= 11 is 0. The predicted molar refractivity (Wildman–Crippen MR) is 60.3 cm³/mol. The van der Waals surface area contributed by atoms with Crippen molar-refractivity contribution in [3.8, 4) is 0 Å². The van der Waals surface area contributed by atoms with Crippen molar-refractivity contribution in [2.75, 3.05) is 0 Å². The maximum absolute atomic E-state index is 10.2. The second-order valence-corrected chi connectivity index (χ2v) is 4.68. The monoisotopic (exact) mass is 202 g/mol. The lowest BCUT2D eigenvalue weighted by atomic mass is 9.85. The summed E-state index contributed by atoms with van der Waals surface area (Å²) in [4.78, 5) is 0. The lowest BCUT2D eigenvalue weighted by Gasteiger charge is -2.30. The number of aliphatic hydroxyl groups is 2. The van der Waals surface area contributed by atoms with Crippen LogP contribution < -0.4 is 0 Å². The topological polar surface area (TPSA) is 40.5 Å². The molecule has 2 atom stereocenters. The molecule has 0 fully saturated rings. The summed E-state index contributed by atoms with van der Waals surface area (Å²) in [7, 11) is 0. The summed E-state index contributed by atoms with van der Waals surface area (Å²) < 4.78 is 0. The van der Waals surface area contributed by atoms with Gasteiger partial charge in [-0.15, -0.1) is 0 Å². The summed E-state index contributed by atoms with van der Waals surface area (Å²) in [6.07, 6.45) is 4.76. The van der Waals surface area contributed by atoms with Gasteiger partial charge in [-0.25, -0.2) is 0 Å². The van der Waals surface area contributed by atoms with Gasteiger partial charge in [0.1, 0.15) is 0 Å². The van der Waals surface area contributed by atoms with Gasteiger partial charge in [-0.1, -0.05) is 27.2 Å². The molecular formula is C12H26O2. The third-order valence-corrected chi connectivity index (χ3v) is 3.26. The maximum Gasteiger partial charge on any atom is 0.0646 e. The molecule has 2 N–H and O–H groups in total. The minimum atomic E-state index is -0.614. The summed E-state index contributed by atoms with van der Waals surface area (Å²) in [5.74, 6) is 0. The molecule has 0 aliphatic rings. The Morgan fingerprint density at radius 2 is 1.43 bits per heavy atom. The smallest absolute Gasteiger partial charge is 0.0646 e. The van der Waals surface area contributed by atoms with Crippen LogP contribution in [0.4, 0.5) is 0 Å². The third-order valence-electron chi connectivity index (χ3n) is 3.26. The minimum absolute atomic E-state index is 0.562. The van der Waals surface area contributed by atoms with Gasteiger partial charge >= 0.3 is 0 Å².